The van der Waals surface area contributed by atoms with Crippen LogP contribution in [0.25, 0.3) is 0 Å². The average molecular weight is 276 g/mol. The van der Waals surface area contributed by atoms with Gasteiger partial charge in [-0.05, 0) is 43.6 Å². The van der Waals surface area contributed by atoms with Crippen LogP contribution in [0.1, 0.15) is 19.4 Å². The van der Waals surface area contributed by atoms with Gasteiger partial charge in [-0.1, -0.05) is 19.1 Å². The Balaban J connectivity index is 1.97. The van der Waals surface area contributed by atoms with E-state index < -0.39 is 0 Å². The highest BCUT2D eigenvalue weighted by Gasteiger charge is 2.31. The molecule has 0 spiro atoms. The molecule has 1 amide bonds. The first kappa shape index (κ1) is 14.9. The van der Waals surface area contributed by atoms with Gasteiger partial charge in [0, 0.05) is 19.0 Å². The predicted octanol–water partition coefficient (Wildman–Crippen LogP) is 1.90. The van der Waals surface area contributed by atoms with Gasteiger partial charge in [-0.3, -0.25) is 4.79 Å². The maximum absolute atomic E-state index is 12.5. The molecule has 1 saturated heterocycles. The van der Waals surface area contributed by atoms with E-state index in [1.807, 2.05) is 43.0 Å². The number of carbonyl (C=O) groups is 1. The van der Waals surface area contributed by atoms with Gasteiger partial charge >= 0.3 is 0 Å². The summed E-state index contributed by atoms with van der Waals surface area (Å²) in [5.41, 5.74) is 1.14. The normalized spacial score (nSPS) is 16.4. The number of nitrogens with zero attached hydrogens (tertiary/aromatic N) is 1. The molecular formula is C16H24N2O2. The van der Waals surface area contributed by atoms with Crippen LogP contribution in [0, 0.1) is 11.8 Å². The van der Waals surface area contributed by atoms with Crippen LogP contribution >= 0.6 is 0 Å². The zero-order valence-corrected chi connectivity index (χ0v) is 12.6. The van der Waals surface area contributed by atoms with Gasteiger partial charge in [-0.15, -0.1) is 0 Å². The lowest BCUT2D eigenvalue weighted by Crippen LogP contribution is -2.50. The van der Waals surface area contributed by atoms with Crippen LogP contribution < -0.4 is 10.1 Å². The first-order chi connectivity index (χ1) is 9.65. The largest absolute Gasteiger partial charge is 0.497 e. The fraction of sp³-hybridized carbons (Fsp3) is 0.562. The lowest BCUT2D eigenvalue weighted by Gasteiger charge is -2.34. The molecule has 20 heavy (non-hydrogen) atoms. The third kappa shape index (κ3) is 3.31. The second-order valence-corrected chi connectivity index (χ2v) is 5.41. The Labute approximate surface area is 121 Å². The van der Waals surface area contributed by atoms with Crippen LogP contribution in [0.5, 0.6) is 5.75 Å². The summed E-state index contributed by atoms with van der Waals surface area (Å²) < 4.78 is 5.15. The number of nitrogens with one attached hydrogen (secondary N) is 1. The minimum atomic E-state index is 0.106. The van der Waals surface area contributed by atoms with Crippen molar-refractivity contribution >= 4 is 5.91 Å². The Kier molecular flexibility index (Phi) is 5.01. The first-order valence-corrected chi connectivity index (χ1v) is 7.28. The maximum atomic E-state index is 12.5. The Morgan fingerprint density at radius 3 is 2.50 bits per heavy atom. The van der Waals surface area contributed by atoms with Gasteiger partial charge in [-0.2, -0.15) is 0 Å². The topological polar surface area (TPSA) is 41.6 Å². The van der Waals surface area contributed by atoms with Crippen molar-refractivity contribution in [3.05, 3.63) is 29.8 Å². The van der Waals surface area contributed by atoms with Crippen LogP contribution in [0.4, 0.5) is 0 Å². The van der Waals surface area contributed by atoms with Gasteiger partial charge in [0.25, 0.3) is 0 Å². The summed E-state index contributed by atoms with van der Waals surface area (Å²) in [6.07, 6.45) is 0. The van der Waals surface area contributed by atoms with E-state index in [1.54, 1.807) is 7.11 Å². The van der Waals surface area contributed by atoms with E-state index >= 15 is 0 Å². The second kappa shape index (κ2) is 6.75. The molecule has 1 atom stereocenters. The maximum Gasteiger partial charge on any atom is 0.226 e. The molecule has 1 heterocycles. The summed E-state index contributed by atoms with van der Waals surface area (Å²) in [5, 5.41) is 3.23. The number of methoxy groups -OCH3 is 1. The number of ether oxygens (including phenoxy) is 1. The highest BCUT2D eigenvalue weighted by molar-refractivity contribution is 5.79. The van der Waals surface area contributed by atoms with Crippen molar-refractivity contribution in [2.45, 2.75) is 20.4 Å². The first-order valence-electron chi connectivity index (χ1n) is 7.28. The van der Waals surface area contributed by atoms with Crippen LogP contribution in [0.2, 0.25) is 0 Å². The van der Waals surface area contributed by atoms with Gasteiger partial charge in [-0.25, -0.2) is 0 Å². The van der Waals surface area contributed by atoms with Crippen LogP contribution in [0.15, 0.2) is 24.3 Å². The zero-order chi connectivity index (χ0) is 14.5. The molecule has 0 aromatic heterocycles. The number of hydrogen-bond donors (Lipinski definition) is 1. The third-order valence-corrected chi connectivity index (χ3v) is 4.14. The molecule has 2 rings (SSSR count). The molecule has 1 N–H and O–H groups in total. The molecule has 0 bridgehead atoms. The average Bonchev–Trinajstić information content (AvgIpc) is 2.42. The number of amides is 1. The number of benzene rings is 1. The van der Waals surface area contributed by atoms with Crippen LogP contribution in [-0.4, -0.2) is 37.6 Å². The van der Waals surface area contributed by atoms with Gasteiger partial charge in [0.1, 0.15) is 5.75 Å². The Morgan fingerprint density at radius 2 is 2.05 bits per heavy atom. The van der Waals surface area contributed by atoms with Gasteiger partial charge in [0.15, 0.2) is 0 Å². The fourth-order valence-electron chi connectivity index (χ4n) is 2.45. The number of hydrogen-bond acceptors (Lipinski definition) is 3. The van der Waals surface area contributed by atoms with Crippen molar-refractivity contribution in [1.82, 2.24) is 10.2 Å². The minimum Gasteiger partial charge on any atom is -0.497 e. The van der Waals surface area contributed by atoms with Crippen LogP contribution in [0.3, 0.4) is 0 Å². The summed E-state index contributed by atoms with van der Waals surface area (Å²) in [6.45, 7) is 7.43. The Morgan fingerprint density at radius 1 is 1.40 bits per heavy atom. The van der Waals surface area contributed by atoms with E-state index in [1.165, 1.54) is 0 Å². The molecular weight excluding hydrogens is 252 g/mol. The molecule has 4 nitrogen and oxygen atoms in total. The van der Waals surface area contributed by atoms with Crippen molar-refractivity contribution in [2.75, 3.05) is 26.7 Å². The molecule has 0 saturated carbocycles. The summed E-state index contributed by atoms with van der Waals surface area (Å²) in [7, 11) is 1.66. The Hall–Kier alpha value is -1.55. The highest BCUT2D eigenvalue weighted by Crippen LogP contribution is 2.20. The van der Waals surface area contributed by atoms with Crippen molar-refractivity contribution in [1.29, 1.82) is 0 Å². The summed E-state index contributed by atoms with van der Waals surface area (Å²) in [5.74, 6) is 1.70. The SMILES string of the molecule is CCN(Cc1ccc(OC)cc1)C(=O)C(C)C1CNC1. The van der Waals surface area contributed by atoms with E-state index in [9.17, 15) is 4.79 Å². The van der Waals surface area contributed by atoms with Crippen molar-refractivity contribution in [3.63, 3.8) is 0 Å². The van der Waals surface area contributed by atoms with E-state index in [-0.39, 0.29) is 11.8 Å². The van der Waals surface area contributed by atoms with E-state index in [2.05, 4.69) is 5.32 Å². The Bertz CT molecular complexity index is 440. The van der Waals surface area contributed by atoms with Gasteiger partial charge in [0.05, 0.1) is 7.11 Å². The fourth-order valence-corrected chi connectivity index (χ4v) is 2.45. The molecule has 1 aromatic carbocycles. The lowest BCUT2D eigenvalue weighted by atomic mass is 9.88. The standard InChI is InChI=1S/C16H24N2O2/c1-4-18(16(19)12(2)14-9-17-10-14)11-13-5-7-15(20-3)8-6-13/h5-8,12,14,17H,4,9-11H2,1-3H3. The van der Waals surface area contributed by atoms with E-state index in [0.29, 0.717) is 12.5 Å². The third-order valence-electron chi connectivity index (χ3n) is 4.14. The summed E-state index contributed by atoms with van der Waals surface area (Å²) in [4.78, 5) is 14.4. The monoisotopic (exact) mass is 276 g/mol. The quantitative estimate of drug-likeness (QED) is 0.863. The van der Waals surface area contributed by atoms with E-state index in [0.717, 1.165) is 30.9 Å². The highest BCUT2D eigenvalue weighted by atomic mass is 16.5. The summed E-state index contributed by atoms with van der Waals surface area (Å²) >= 11 is 0. The molecule has 1 unspecified atom stereocenters. The second-order valence-electron chi connectivity index (χ2n) is 5.41. The van der Waals surface area contributed by atoms with E-state index in [4.69, 9.17) is 4.74 Å². The smallest absolute Gasteiger partial charge is 0.226 e. The van der Waals surface area contributed by atoms with Crippen molar-refractivity contribution in [2.24, 2.45) is 11.8 Å². The lowest BCUT2D eigenvalue weighted by molar-refractivity contribution is -0.137. The van der Waals surface area contributed by atoms with Gasteiger partial charge < -0.3 is 15.0 Å². The van der Waals surface area contributed by atoms with Crippen molar-refractivity contribution < 1.29 is 9.53 Å². The minimum absolute atomic E-state index is 0.106. The molecule has 1 fully saturated rings. The van der Waals surface area contributed by atoms with Crippen LogP contribution in [-0.2, 0) is 11.3 Å². The number of carbonyl (C=O) groups excluding carboxylic acids is 1. The van der Waals surface area contributed by atoms with Crippen molar-refractivity contribution in [3.8, 4) is 5.75 Å². The molecule has 0 aliphatic carbocycles. The van der Waals surface area contributed by atoms with Gasteiger partial charge in [0.2, 0.25) is 5.91 Å². The molecule has 110 valence electrons. The predicted molar refractivity (Wildman–Crippen MR) is 79.6 cm³/mol. The molecule has 0 radical (unpaired) electrons. The molecule has 1 aliphatic rings. The molecule has 1 aromatic rings. The zero-order valence-electron chi connectivity index (χ0n) is 12.6. The number of rotatable bonds is 6. The summed E-state index contributed by atoms with van der Waals surface area (Å²) in [6, 6.07) is 7.91. The molecule has 4 heteroatoms. The molecule has 1 aliphatic heterocycles.